The standard InChI is InChI=1S/C5H9NO2/c1-4-2-8-5(6-4)3-7-1/h4-6H,1-3H2. The maximum absolute atomic E-state index is 5.24. The second-order valence-electron chi connectivity index (χ2n) is 2.22. The van der Waals surface area contributed by atoms with Gasteiger partial charge in [-0.25, -0.2) is 0 Å². The summed E-state index contributed by atoms with van der Waals surface area (Å²) >= 11 is 0. The van der Waals surface area contributed by atoms with Gasteiger partial charge in [-0.05, 0) is 0 Å². The highest BCUT2D eigenvalue weighted by Crippen LogP contribution is 2.08. The Morgan fingerprint density at radius 1 is 1.25 bits per heavy atom. The molecule has 2 bridgehead atoms. The van der Waals surface area contributed by atoms with Crippen LogP contribution in [0.4, 0.5) is 0 Å². The second kappa shape index (κ2) is 1.69. The van der Waals surface area contributed by atoms with Gasteiger partial charge in [-0.15, -0.1) is 0 Å². The zero-order valence-corrected chi connectivity index (χ0v) is 4.59. The van der Waals surface area contributed by atoms with E-state index in [2.05, 4.69) is 5.32 Å². The van der Waals surface area contributed by atoms with E-state index in [1.54, 1.807) is 0 Å². The summed E-state index contributed by atoms with van der Waals surface area (Å²) in [5.74, 6) is 0. The third-order valence-electron chi connectivity index (χ3n) is 1.51. The largest absolute Gasteiger partial charge is 0.376 e. The van der Waals surface area contributed by atoms with E-state index in [4.69, 9.17) is 9.47 Å². The number of hydrogen-bond acceptors (Lipinski definition) is 3. The molecule has 0 amide bonds. The van der Waals surface area contributed by atoms with Gasteiger partial charge in [-0.2, -0.15) is 0 Å². The lowest BCUT2D eigenvalue weighted by Crippen LogP contribution is -2.42. The minimum atomic E-state index is 0.189. The fourth-order valence-electron chi connectivity index (χ4n) is 1.10. The Kier molecular flexibility index (Phi) is 0.997. The van der Waals surface area contributed by atoms with Crippen molar-refractivity contribution in [2.45, 2.75) is 12.3 Å². The van der Waals surface area contributed by atoms with Crippen molar-refractivity contribution in [1.82, 2.24) is 5.32 Å². The first-order chi connectivity index (χ1) is 3.95. The Bertz CT molecular complexity index is 82.4. The lowest BCUT2D eigenvalue weighted by Gasteiger charge is -2.17. The van der Waals surface area contributed by atoms with Crippen LogP contribution < -0.4 is 5.32 Å². The summed E-state index contributed by atoms with van der Waals surface area (Å²) in [5, 5.41) is 3.24. The Labute approximate surface area is 48.0 Å². The first-order valence-electron chi connectivity index (χ1n) is 2.90. The normalized spacial score (nSPS) is 45.0. The number of hydrogen-bond donors (Lipinski definition) is 1. The quantitative estimate of drug-likeness (QED) is 0.454. The van der Waals surface area contributed by atoms with Gasteiger partial charge in [-0.3, -0.25) is 5.32 Å². The van der Waals surface area contributed by atoms with Crippen LogP contribution >= 0.6 is 0 Å². The lowest BCUT2D eigenvalue weighted by molar-refractivity contribution is 0.00860. The monoisotopic (exact) mass is 115 g/mol. The van der Waals surface area contributed by atoms with Crippen LogP contribution in [0, 0.1) is 0 Å². The first kappa shape index (κ1) is 4.73. The fraction of sp³-hybridized carbons (Fsp3) is 1.00. The highest BCUT2D eigenvalue weighted by Gasteiger charge is 2.28. The number of rotatable bonds is 0. The molecule has 0 saturated carbocycles. The highest BCUT2D eigenvalue weighted by atomic mass is 16.6. The minimum Gasteiger partial charge on any atom is -0.376 e. The molecule has 2 unspecified atom stereocenters. The molecule has 2 heterocycles. The number of morpholine rings is 1. The van der Waals surface area contributed by atoms with E-state index in [9.17, 15) is 0 Å². The van der Waals surface area contributed by atoms with Crippen molar-refractivity contribution < 1.29 is 9.47 Å². The van der Waals surface area contributed by atoms with Crippen molar-refractivity contribution in [3.05, 3.63) is 0 Å². The van der Waals surface area contributed by atoms with Crippen molar-refractivity contribution in [2.24, 2.45) is 0 Å². The molecule has 8 heavy (non-hydrogen) atoms. The molecule has 3 nitrogen and oxygen atoms in total. The lowest BCUT2D eigenvalue weighted by atomic mass is 10.3. The predicted octanol–water partition coefficient (Wildman–Crippen LogP) is -0.669. The van der Waals surface area contributed by atoms with Crippen LogP contribution in [0.15, 0.2) is 0 Å². The maximum Gasteiger partial charge on any atom is 0.132 e. The van der Waals surface area contributed by atoms with Crippen molar-refractivity contribution in [3.8, 4) is 0 Å². The summed E-state index contributed by atoms with van der Waals surface area (Å²) in [4.78, 5) is 0. The second-order valence-corrected chi connectivity index (χ2v) is 2.22. The van der Waals surface area contributed by atoms with E-state index in [0.717, 1.165) is 19.8 Å². The van der Waals surface area contributed by atoms with Crippen molar-refractivity contribution in [3.63, 3.8) is 0 Å². The van der Waals surface area contributed by atoms with E-state index >= 15 is 0 Å². The molecule has 0 aromatic carbocycles. The smallest absolute Gasteiger partial charge is 0.132 e. The molecule has 2 aliphatic rings. The van der Waals surface area contributed by atoms with Crippen LogP contribution in [0.1, 0.15) is 0 Å². The molecule has 1 N–H and O–H groups in total. The molecule has 2 aliphatic heterocycles. The van der Waals surface area contributed by atoms with Crippen molar-refractivity contribution in [1.29, 1.82) is 0 Å². The molecule has 2 fully saturated rings. The molecule has 2 atom stereocenters. The van der Waals surface area contributed by atoms with Gasteiger partial charge < -0.3 is 9.47 Å². The zero-order valence-electron chi connectivity index (χ0n) is 4.59. The van der Waals surface area contributed by atoms with Crippen LogP contribution in [-0.2, 0) is 9.47 Å². The summed E-state index contributed by atoms with van der Waals surface area (Å²) in [5.41, 5.74) is 0. The molecule has 0 spiro atoms. The fourth-order valence-corrected chi connectivity index (χ4v) is 1.10. The van der Waals surface area contributed by atoms with Gasteiger partial charge in [0.1, 0.15) is 6.23 Å². The Balaban J connectivity index is 2.03. The highest BCUT2D eigenvalue weighted by molar-refractivity contribution is 4.78. The average molecular weight is 115 g/mol. The van der Waals surface area contributed by atoms with E-state index in [1.807, 2.05) is 0 Å². The van der Waals surface area contributed by atoms with E-state index in [0.29, 0.717) is 6.04 Å². The number of ether oxygens (including phenoxy) is 2. The topological polar surface area (TPSA) is 30.5 Å². The molecule has 0 radical (unpaired) electrons. The predicted molar refractivity (Wildman–Crippen MR) is 27.5 cm³/mol. The van der Waals surface area contributed by atoms with Crippen LogP contribution in [0.2, 0.25) is 0 Å². The molecular weight excluding hydrogens is 106 g/mol. The zero-order chi connectivity index (χ0) is 5.40. The molecule has 2 saturated heterocycles. The van der Waals surface area contributed by atoms with Crippen LogP contribution in [-0.4, -0.2) is 32.1 Å². The van der Waals surface area contributed by atoms with Crippen molar-refractivity contribution >= 4 is 0 Å². The summed E-state index contributed by atoms with van der Waals surface area (Å²) in [7, 11) is 0. The van der Waals surface area contributed by atoms with Crippen LogP contribution in [0.5, 0.6) is 0 Å². The number of fused-ring (bicyclic) bond motifs is 2. The number of nitrogens with one attached hydrogen (secondary N) is 1. The minimum absolute atomic E-state index is 0.189. The SMILES string of the molecule is C1OCC2NC1CO2. The Hall–Kier alpha value is -0.120. The average Bonchev–Trinajstić information content (AvgIpc) is 2.12. The molecule has 0 aromatic heterocycles. The Morgan fingerprint density at radius 3 is 3.00 bits per heavy atom. The van der Waals surface area contributed by atoms with Crippen LogP contribution in [0.3, 0.4) is 0 Å². The van der Waals surface area contributed by atoms with Gasteiger partial charge in [0.15, 0.2) is 0 Å². The molecule has 2 rings (SSSR count). The van der Waals surface area contributed by atoms with E-state index in [1.165, 1.54) is 0 Å². The molecule has 0 aliphatic carbocycles. The van der Waals surface area contributed by atoms with Gasteiger partial charge in [0.2, 0.25) is 0 Å². The maximum atomic E-state index is 5.24. The first-order valence-corrected chi connectivity index (χ1v) is 2.90. The molecule has 3 heteroatoms. The molecular formula is C5H9NO2. The molecule has 46 valence electrons. The van der Waals surface area contributed by atoms with Gasteiger partial charge in [0, 0.05) is 0 Å². The van der Waals surface area contributed by atoms with E-state index < -0.39 is 0 Å². The third kappa shape index (κ3) is 0.632. The summed E-state index contributed by atoms with van der Waals surface area (Å²) in [6, 6.07) is 0.466. The Morgan fingerprint density at radius 2 is 2.25 bits per heavy atom. The van der Waals surface area contributed by atoms with Gasteiger partial charge in [-0.1, -0.05) is 0 Å². The van der Waals surface area contributed by atoms with Gasteiger partial charge in [0.05, 0.1) is 25.9 Å². The van der Waals surface area contributed by atoms with Crippen molar-refractivity contribution in [2.75, 3.05) is 19.8 Å². The van der Waals surface area contributed by atoms with Gasteiger partial charge in [0.25, 0.3) is 0 Å². The third-order valence-corrected chi connectivity index (χ3v) is 1.51. The van der Waals surface area contributed by atoms with Crippen LogP contribution in [0.25, 0.3) is 0 Å². The summed E-state index contributed by atoms with van der Waals surface area (Å²) in [6.45, 7) is 2.36. The van der Waals surface area contributed by atoms with Gasteiger partial charge >= 0.3 is 0 Å². The summed E-state index contributed by atoms with van der Waals surface area (Å²) in [6.07, 6.45) is 0.189. The summed E-state index contributed by atoms with van der Waals surface area (Å²) < 4.78 is 10.4. The van der Waals surface area contributed by atoms with E-state index in [-0.39, 0.29) is 6.23 Å². The molecule has 0 aromatic rings.